The highest BCUT2D eigenvalue weighted by atomic mass is 19.1. The third kappa shape index (κ3) is 7.29. The number of benzene rings is 1. The van der Waals surface area contributed by atoms with E-state index < -0.39 is 0 Å². The molecule has 2 N–H and O–H groups in total. The average Bonchev–Trinajstić information content (AvgIpc) is 3.43. The molecule has 26 heavy (non-hydrogen) atoms. The van der Waals surface area contributed by atoms with Crippen molar-refractivity contribution in [2.24, 2.45) is 4.99 Å². The van der Waals surface area contributed by atoms with Crippen molar-refractivity contribution in [3.05, 3.63) is 30.1 Å². The zero-order chi connectivity index (χ0) is 18.8. The van der Waals surface area contributed by atoms with E-state index in [2.05, 4.69) is 15.6 Å². The molecule has 7 heteroatoms. The van der Waals surface area contributed by atoms with Crippen LogP contribution in [0.4, 0.5) is 4.39 Å². The largest absolute Gasteiger partial charge is 0.489 e. The van der Waals surface area contributed by atoms with Crippen LogP contribution in [0.15, 0.2) is 29.3 Å². The van der Waals surface area contributed by atoms with Crippen molar-refractivity contribution in [2.75, 3.05) is 33.3 Å². The first-order valence-corrected chi connectivity index (χ1v) is 9.26. The Hall–Kier alpha value is -2.31. The van der Waals surface area contributed by atoms with Crippen molar-refractivity contribution >= 4 is 11.9 Å². The lowest BCUT2D eigenvalue weighted by molar-refractivity contribution is -0.121. The van der Waals surface area contributed by atoms with Crippen LogP contribution in [0, 0.1) is 5.82 Å². The number of nitrogens with one attached hydrogen (secondary N) is 2. The Morgan fingerprint density at radius 3 is 2.85 bits per heavy atom. The number of aliphatic imine (C=N–C) groups is 1. The van der Waals surface area contributed by atoms with Crippen LogP contribution >= 0.6 is 0 Å². The molecule has 1 aromatic rings. The second-order valence-electron chi connectivity index (χ2n) is 6.38. The molecule has 144 valence electrons. The average molecular weight is 364 g/mol. The number of hydrogen-bond acceptors (Lipinski definition) is 3. The van der Waals surface area contributed by atoms with Gasteiger partial charge < -0.3 is 20.3 Å². The zero-order valence-corrected chi connectivity index (χ0v) is 15.6. The van der Waals surface area contributed by atoms with E-state index in [0.29, 0.717) is 38.6 Å². The predicted octanol–water partition coefficient (Wildman–Crippen LogP) is 2.16. The van der Waals surface area contributed by atoms with Gasteiger partial charge in [0.05, 0.1) is 6.54 Å². The van der Waals surface area contributed by atoms with Gasteiger partial charge in [-0.15, -0.1) is 0 Å². The van der Waals surface area contributed by atoms with Gasteiger partial charge in [0, 0.05) is 32.6 Å². The van der Waals surface area contributed by atoms with Crippen LogP contribution in [0.2, 0.25) is 0 Å². The highest BCUT2D eigenvalue weighted by Gasteiger charge is 2.22. The molecule has 1 amide bonds. The van der Waals surface area contributed by atoms with Gasteiger partial charge in [-0.25, -0.2) is 4.39 Å². The van der Waals surface area contributed by atoms with Gasteiger partial charge in [-0.3, -0.25) is 9.79 Å². The molecule has 1 aliphatic carbocycles. The Morgan fingerprint density at radius 2 is 2.15 bits per heavy atom. The van der Waals surface area contributed by atoms with Gasteiger partial charge in [-0.05, 0) is 38.3 Å². The van der Waals surface area contributed by atoms with Crippen LogP contribution in [0.25, 0.3) is 0 Å². The summed E-state index contributed by atoms with van der Waals surface area (Å²) >= 11 is 0. The van der Waals surface area contributed by atoms with Crippen molar-refractivity contribution in [3.63, 3.8) is 0 Å². The number of ether oxygens (including phenoxy) is 1. The minimum absolute atomic E-state index is 0.111. The lowest BCUT2D eigenvalue weighted by Gasteiger charge is -2.22. The minimum Gasteiger partial charge on any atom is -0.489 e. The molecular formula is C19H29FN4O2. The van der Waals surface area contributed by atoms with E-state index in [1.165, 1.54) is 6.07 Å². The maximum absolute atomic E-state index is 13.5. The van der Waals surface area contributed by atoms with Crippen LogP contribution in [-0.4, -0.2) is 56.1 Å². The molecule has 0 saturated heterocycles. The van der Waals surface area contributed by atoms with Crippen molar-refractivity contribution in [2.45, 2.75) is 38.6 Å². The van der Waals surface area contributed by atoms with Gasteiger partial charge in [0.1, 0.15) is 6.61 Å². The van der Waals surface area contributed by atoms with Gasteiger partial charge in [0.15, 0.2) is 17.5 Å². The summed E-state index contributed by atoms with van der Waals surface area (Å²) in [6, 6.07) is 6.77. The molecule has 0 bridgehead atoms. The summed E-state index contributed by atoms with van der Waals surface area (Å²) in [6.07, 6.45) is 3.43. The molecule has 0 aromatic heterocycles. The molecule has 0 radical (unpaired) electrons. The van der Waals surface area contributed by atoms with Crippen LogP contribution in [0.3, 0.4) is 0 Å². The standard InChI is InChI=1S/C19H29FN4O2/c1-3-21-19(22-12-6-9-18(25)23-15-10-11-15)24(2)13-14-26-17-8-5-4-7-16(17)20/h4-5,7-8,15H,3,6,9-14H2,1-2H3,(H,21,22)(H,23,25). The topological polar surface area (TPSA) is 66.0 Å². The van der Waals surface area contributed by atoms with E-state index in [4.69, 9.17) is 4.74 Å². The maximum atomic E-state index is 13.5. The number of carbonyl (C=O) groups excluding carboxylic acids is 1. The lowest BCUT2D eigenvalue weighted by atomic mass is 10.3. The molecule has 6 nitrogen and oxygen atoms in total. The fourth-order valence-corrected chi connectivity index (χ4v) is 2.38. The fraction of sp³-hybridized carbons (Fsp3) is 0.579. The first kappa shape index (κ1) is 20.0. The Kier molecular flexibility index (Phi) is 8.18. The van der Waals surface area contributed by atoms with Crippen LogP contribution in [0.5, 0.6) is 5.75 Å². The number of nitrogens with zero attached hydrogens (tertiary/aromatic N) is 2. The predicted molar refractivity (Wildman–Crippen MR) is 101 cm³/mol. The molecule has 2 rings (SSSR count). The summed E-state index contributed by atoms with van der Waals surface area (Å²) in [6.45, 7) is 4.26. The number of hydrogen-bond donors (Lipinski definition) is 2. The molecule has 0 heterocycles. The second kappa shape index (κ2) is 10.6. The van der Waals surface area contributed by atoms with E-state index in [1.807, 2.05) is 18.9 Å². The molecule has 0 aliphatic heterocycles. The van der Waals surface area contributed by atoms with Crippen molar-refractivity contribution in [1.29, 1.82) is 0 Å². The Bertz CT molecular complexity index is 605. The van der Waals surface area contributed by atoms with Crippen LogP contribution < -0.4 is 15.4 Å². The number of rotatable bonds is 10. The van der Waals surface area contributed by atoms with Crippen molar-refractivity contribution in [1.82, 2.24) is 15.5 Å². The Balaban J connectivity index is 1.71. The summed E-state index contributed by atoms with van der Waals surface area (Å²) in [5, 5.41) is 6.20. The monoisotopic (exact) mass is 364 g/mol. The molecule has 1 saturated carbocycles. The summed E-state index contributed by atoms with van der Waals surface area (Å²) in [7, 11) is 1.91. The summed E-state index contributed by atoms with van der Waals surface area (Å²) in [4.78, 5) is 18.2. The second-order valence-corrected chi connectivity index (χ2v) is 6.38. The summed E-state index contributed by atoms with van der Waals surface area (Å²) in [5.41, 5.74) is 0. The maximum Gasteiger partial charge on any atom is 0.220 e. The Morgan fingerprint density at radius 1 is 1.38 bits per heavy atom. The van der Waals surface area contributed by atoms with Crippen LogP contribution in [-0.2, 0) is 4.79 Å². The first-order valence-electron chi connectivity index (χ1n) is 9.26. The molecule has 0 spiro atoms. The zero-order valence-electron chi connectivity index (χ0n) is 15.6. The van der Waals surface area contributed by atoms with Crippen molar-refractivity contribution < 1.29 is 13.9 Å². The van der Waals surface area contributed by atoms with E-state index in [-0.39, 0.29) is 17.5 Å². The van der Waals surface area contributed by atoms with Gasteiger partial charge in [0.25, 0.3) is 0 Å². The van der Waals surface area contributed by atoms with E-state index in [1.54, 1.807) is 18.2 Å². The molecule has 1 aliphatic rings. The minimum atomic E-state index is -0.361. The van der Waals surface area contributed by atoms with Gasteiger partial charge in [-0.2, -0.15) is 0 Å². The SMILES string of the molecule is CCNC(=NCCCC(=O)NC1CC1)N(C)CCOc1ccccc1F. The molecule has 1 aromatic carbocycles. The molecule has 0 atom stereocenters. The summed E-state index contributed by atoms with van der Waals surface area (Å²) < 4.78 is 19.0. The van der Waals surface area contributed by atoms with E-state index >= 15 is 0 Å². The number of carbonyl (C=O) groups is 1. The van der Waals surface area contributed by atoms with Crippen LogP contribution in [0.1, 0.15) is 32.6 Å². The normalized spacial score (nSPS) is 14.0. The Labute approximate surface area is 154 Å². The smallest absolute Gasteiger partial charge is 0.220 e. The molecule has 1 fully saturated rings. The number of halogens is 1. The van der Waals surface area contributed by atoms with Crippen molar-refractivity contribution in [3.8, 4) is 5.75 Å². The number of para-hydroxylation sites is 1. The number of amides is 1. The van der Waals surface area contributed by atoms with E-state index in [0.717, 1.165) is 25.3 Å². The lowest BCUT2D eigenvalue weighted by Crippen LogP contribution is -2.41. The summed E-state index contributed by atoms with van der Waals surface area (Å²) in [5.74, 6) is 0.760. The quantitative estimate of drug-likeness (QED) is 0.379. The number of likely N-dealkylation sites (N-methyl/N-ethyl adjacent to an activating group) is 1. The van der Waals surface area contributed by atoms with Gasteiger partial charge >= 0.3 is 0 Å². The molecule has 0 unspecified atom stereocenters. The third-order valence-electron chi connectivity index (χ3n) is 3.98. The van der Waals surface area contributed by atoms with Gasteiger partial charge in [-0.1, -0.05) is 12.1 Å². The fourth-order valence-electron chi connectivity index (χ4n) is 2.38. The third-order valence-corrected chi connectivity index (χ3v) is 3.98. The number of guanidine groups is 1. The first-order chi connectivity index (χ1) is 12.6. The molecular weight excluding hydrogens is 335 g/mol. The van der Waals surface area contributed by atoms with E-state index in [9.17, 15) is 9.18 Å². The highest BCUT2D eigenvalue weighted by Crippen LogP contribution is 2.18. The highest BCUT2D eigenvalue weighted by molar-refractivity contribution is 5.80. The van der Waals surface area contributed by atoms with Gasteiger partial charge in [0.2, 0.25) is 5.91 Å².